The van der Waals surface area contributed by atoms with Gasteiger partial charge in [0.05, 0.1) is 5.52 Å². The molecule has 3 nitrogen and oxygen atoms in total. The summed E-state index contributed by atoms with van der Waals surface area (Å²) in [5, 5.41) is 1.96. The first kappa shape index (κ1) is 22.5. The van der Waals surface area contributed by atoms with Crippen molar-refractivity contribution in [1.82, 2.24) is 4.98 Å². The second kappa shape index (κ2) is 11.9. The van der Waals surface area contributed by atoms with Crippen molar-refractivity contribution >= 4 is 22.5 Å². The molecular weight excluding hydrogens is 378 g/mol. The summed E-state index contributed by atoms with van der Waals surface area (Å²) in [6, 6.07) is 6.20. The average Bonchev–Trinajstić information content (AvgIpc) is 2.73. The van der Waals surface area contributed by atoms with E-state index in [1.165, 1.54) is 92.8 Å². The Hall–Kier alpha value is -1.16. The zero-order chi connectivity index (χ0) is 20.5. The Labute approximate surface area is 181 Å². The topological polar surface area (TPSA) is 64.9 Å². The molecule has 0 fully saturated rings. The lowest BCUT2D eigenvalue weighted by Gasteiger charge is -2.24. The second-order valence-corrected chi connectivity index (χ2v) is 9.12. The van der Waals surface area contributed by atoms with Gasteiger partial charge >= 0.3 is 0 Å². The van der Waals surface area contributed by atoms with E-state index in [0.717, 1.165) is 36.3 Å². The summed E-state index contributed by atoms with van der Waals surface area (Å²) in [5.41, 5.74) is 17.4. The number of pyridine rings is 1. The van der Waals surface area contributed by atoms with Crippen LogP contribution in [0.4, 0.5) is 0 Å². The summed E-state index contributed by atoms with van der Waals surface area (Å²) in [6.07, 6.45) is 17.4. The molecule has 1 aromatic carbocycles. The zero-order valence-corrected chi connectivity index (χ0v) is 18.7. The first-order valence-corrected chi connectivity index (χ1v) is 12.1. The van der Waals surface area contributed by atoms with E-state index in [4.69, 9.17) is 28.1 Å². The van der Waals surface area contributed by atoms with Gasteiger partial charge < -0.3 is 11.5 Å². The van der Waals surface area contributed by atoms with Gasteiger partial charge in [0.15, 0.2) is 0 Å². The van der Waals surface area contributed by atoms with Crippen molar-refractivity contribution < 1.29 is 0 Å². The first-order chi connectivity index (χ1) is 14.2. The van der Waals surface area contributed by atoms with Crippen LogP contribution in [-0.4, -0.2) is 11.5 Å². The van der Waals surface area contributed by atoms with Gasteiger partial charge in [-0.1, -0.05) is 69.0 Å². The first-order valence-electron chi connectivity index (χ1n) is 11.8. The molecule has 4 heteroatoms. The molecule has 1 atom stereocenters. The standard InChI is InChI=1S/C25H38ClN3/c26-19-15-16-21-24(18-19)29-23-14-10-9-12-20(23)25(21)22(28)13-8-6-4-2-1-3-5-7-11-17-27/h15-16,18,22H,1-14,17,27-28H2. The van der Waals surface area contributed by atoms with Crippen molar-refractivity contribution in [3.05, 3.63) is 40.0 Å². The van der Waals surface area contributed by atoms with E-state index in [1.54, 1.807) is 0 Å². The molecule has 2 aromatic rings. The number of hydrogen-bond donors (Lipinski definition) is 2. The third kappa shape index (κ3) is 6.41. The normalized spacial score (nSPS) is 14.9. The van der Waals surface area contributed by atoms with Crippen LogP contribution in [0.25, 0.3) is 10.9 Å². The highest BCUT2D eigenvalue weighted by Crippen LogP contribution is 2.35. The molecule has 0 aliphatic heterocycles. The predicted octanol–water partition coefficient (Wildman–Crippen LogP) is 6.63. The third-order valence-electron chi connectivity index (χ3n) is 6.36. The maximum absolute atomic E-state index is 6.76. The second-order valence-electron chi connectivity index (χ2n) is 8.69. The van der Waals surface area contributed by atoms with Crippen LogP contribution >= 0.6 is 11.6 Å². The highest BCUT2D eigenvalue weighted by molar-refractivity contribution is 6.31. The van der Waals surface area contributed by atoms with Crippen LogP contribution in [0.2, 0.25) is 5.02 Å². The van der Waals surface area contributed by atoms with Crippen molar-refractivity contribution in [3.8, 4) is 0 Å². The number of hydrogen-bond acceptors (Lipinski definition) is 3. The van der Waals surface area contributed by atoms with Gasteiger partial charge in [0.25, 0.3) is 0 Å². The van der Waals surface area contributed by atoms with Gasteiger partial charge in [-0.15, -0.1) is 0 Å². The lowest BCUT2D eigenvalue weighted by molar-refractivity contribution is 0.528. The van der Waals surface area contributed by atoms with E-state index < -0.39 is 0 Å². The average molecular weight is 416 g/mol. The molecule has 1 heterocycles. The van der Waals surface area contributed by atoms with Crippen molar-refractivity contribution in [2.75, 3.05) is 6.54 Å². The summed E-state index contributed by atoms with van der Waals surface area (Å²) < 4.78 is 0. The smallest absolute Gasteiger partial charge is 0.0723 e. The van der Waals surface area contributed by atoms with E-state index in [2.05, 4.69) is 6.07 Å². The summed E-state index contributed by atoms with van der Waals surface area (Å²) in [4.78, 5) is 4.93. The molecule has 1 aromatic heterocycles. The van der Waals surface area contributed by atoms with Crippen molar-refractivity contribution in [2.45, 2.75) is 95.9 Å². The number of aromatic nitrogens is 1. The highest BCUT2D eigenvalue weighted by atomic mass is 35.5. The molecule has 160 valence electrons. The van der Waals surface area contributed by atoms with E-state index >= 15 is 0 Å². The van der Waals surface area contributed by atoms with Gasteiger partial charge in [0, 0.05) is 22.1 Å². The maximum Gasteiger partial charge on any atom is 0.0723 e. The van der Waals surface area contributed by atoms with Gasteiger partial charge in [-0.05, 0) is 68.3 Å². The monoisotopic (exact) mass is 415 g/mol. The van der Waals surface area contributed by atoms with E-state index in [0.29, 0.717) is 0 Å². The SMILES string of the molecule is NCCCCCCCCCCCC(N)c1c2c(nc3cc(Cl)ccc13)CCCC2. The molecule has 0 saturated carbocycles. The number of aryl methyl sites for hydroxylation is 1. The van der Waals surface area contributed by atoms with Crippen LogP contribution in [-0.2, 0) is 12.8 Å². The summed E-state index contributed by atoms with van der Waals surface area (Å²) in [7, 11) is 0. The number of benzene rings is 1. The molecule has 3 rings (SSSR count). The zero-order valence-electron chi connectivity index (χ0n) is 17.9. The Morgan fingerprint density at radius 1 is 0.897 bits per heavy atom. The quantitative estimate of drug-likeness (QED) is 0.382. The molecule has 0 radical (unpaired) electrons. The molecule has 1 aliphatic rings. The van der Waals surface area contributed by atoms with Gasteiger partial charge in [-0.3, -0.25) is 4.98 Å². The Balaban J connectivity index is 1.53. The number of rotatable bonds is 12. The predicted molar refractivity (Wildman–Crippen MR) is 126 cm³/mol. The Bertz CT molecular complexity index is 774. The number of nitrogens with two attached hydrogens (primary N) is 2. The van der Waals surface area contributed by atoms with Crippen LogP contribution in [0.3, 0.4) is 0 Å². The number of fused-ring (bicyclic) bond motifs is 2. The van der Waals surface area contributed by atoms with E-state index in [1.807, 2.05) is 12.1 Å². The molecule has 1 unspecified atom stereocenters. The molecular formula is C25H38ClN3. The fourth-order valence-electron chi connectivity index (χ4n) is 4.75. The minimum atomic E-state index is 0.102. The number of halogens is 1. The van der Waals surface area contributed by atoms with E-state index in [-0.39, 0.29) is 6.04 Å². The minimum Gasteiger partial charge on any atom is -0.330 e. The summed E-state index contributed by atoms with van der Waals surface area (Å²) in [6.45, 7) is 0.837. The molecule has 4 N–H and O–H groups in total. The molecule has 29 heavy (non-hydrogen) atoms. The minimum absolute atomic E-state index is 0.102. The van der Waals surface area contributed by atoms with Crippen LogP contribution in [0.5, 0.6) is 0 Å². The van der Waals surface area contributed by atoms with Crippen LogP contribution in [0.1, 0.15) is 99.9 Å². The van der Waals surface area contributed by atoms with Crippen LogP contribution in [0, 0.1) is 0 Å². The molecule has 0 bridgehead atoms. The summed E-state index contributed by atoms with van der Waals surface area (Å²) in [5.74, 6) is 0. The lowest BCUT2D eigenvalue weighted by Crippen LogP contribution is -2.18. The fraction of sp³-hybridized carbons (Fsp3) is 0.640. The van der Waals surface area contributed by atoms with E-state index in [9.17, 15) is 0 Å². The van der Waals surface area contributed by atoms with Gasteiger partial charge in [-0.25, -0.2) is 0 Å². The van der Waals surface area contributed by atoms with Gasteiger partial charge in [-0.2, -0.15) is 0 Å². The highest BCUT2D eigenvalue weighted by Gasteiger charge is 2.21. The Kier molecular flexibility index (Phi) is 9.23. The largest absolute Gasteiger partial charge is 0.330 e. The number of unbranched alkanes of at least 4 members (excludes halogenated alkanes) is 8. The van der Waals surface area contributed by atoms with Crippen molar-refractivity contribution in [2.24, 2.45) is 11.5 Å². The van der Waals surface area contributed by atoms with Crippen LogP contribution < -0.4 is 11.5 Å². The molecule has 0 amide bonds. The fourth-order valence-corrected chi connectivity index (χ4v) is 4.92. The Morgan fingerprint density at radius 2 is 1.55 bits per heavy atom. The molecule has 0 saturated heterocycles. The number of nitrogens with zero attached hydrogens (tertiary/aromatic N) is 1. The van der Waals surface area contributed by atoms with Crippen molar-refractivity contribution in [3.63, 3.8) is 0 Å². The van der Waals surface area contributed by atoms with Crippen LogP contribution in [0.15, 0.2) is 18.2 Å². The van der Waals surface area contributed by atoms with Gasteiger partial charge in [0.2, 0.25) is 0 Å². The summed E-state index contributed by atoms with van der Waals surface area (Å²) >= 11 is 6.24. The van der Waals surface area contributed by atoms with Gasteiger partial charge in [0.1, 0.15) is 0 Å². The van der Waals surface area contributed by atoms with Crippen molar-refractivity contribution in [1.29, 1.82) is 0 Å². The third-order valence-corrected chi connectivity index (χ3v) is 6.59. The molecule has 0 spiro atoms. The Morgan fingerprint density at radius 3 is 2.28 bits per heavy atom. The molecule has 1 aliphatic carbocycles. The lowest BCUT2D eigenvalue weighted by atomic mass is 9.85. The maximum atomic E-state index is 6.76.